The third kappa shape index (κ3) is 5.82. The van der Waals surface area contributed by atoms with E-state index in [1.165, 1.54) is 12.8 Å². The number of ether oxygens (including phenoxy) is 2. The maximum atomic E-state index is 5.39. The van der Waals surface area contributed by atoms with E-state index < -0.39 is 0 Å². The molecule has 0 atom stereocenters. The highest BCUT2D eigenvalue weighted by Gasteiger charge is 2.25. The highest BCUT2D eigenvalue weighted by atomic mass is 127. The minimum atomic E-state index is 0. The highest BCUT2D eigenvalue weighted by Crippen LogP contribution is 2.30. The summed E-state index contributed by atoms with van der Waals surface area (Å²) >= 11 is 0. The fourth-order valence-electron chi connectivity index (χ4n) is 3.16. The molecule has 0 spiro atoms. The Bertz CT molecular complexity index is 577. The number of hydrogen-bond donors (Lipinski definition) is 2. The molecule has 1 heterocycles. The van der Waals surface area contributed by atoms with E-state index in [1.54, 1.807) is 14.2 Å². The summed E-state index contributed by atoms with van der Waals surface area (Å²) in [6, 6.07) is 7.17. The fraction of sp³-hybridized carbons (Fsp3) is 0.632. The quantitative estimate of drug-likeness (QED) is 0.377. The van der Waals surface area contributed by atoms with E-state index in [0.29, 0.717) is 12.1 Å². The van der Waals surface area contributed by atoms with Gasteiger partial charge in [-0.25, -0.2) is 0 Å². The molecule has 0 aromatic heterocycles. The molecule has 6 nitrogen and oxygen atoms in total. The first kappa shape index (κ1) is 20.9. The van der Waals surface area contributed by atoms with Crippen LogP contribution >= 0.6 is 24.0 Å². The number of guanidine groups is 1. The Morgan fingerprint density at radius 3 is 2.00 bits per heavy atom. The van der Waals surface area contributed by atoms with Gasteiger partial charge in [0.15, 0.2) is 5.96 Å². The molecule has 0 radical (unpaired) electrons. The zero-order valence-corrected chi connectivity index (χ0v) is 18.3. The van der Waals surface area contributed by atoms with Crippen molar-refractivity contribution in [3.8, 4) is 11.5 Å². The molecule has 1 aliphatic carbocycles. The summed E-state index contributed by atoms with van der Waals surface area (Å²) in [5, 5.41) is 7.11. The molecule has 1 saturated carbocycles. The molecule has 3 rings (SSSR count). The molecule has 1 saturated heterocycles. The number of benzene rings is 1. The topological polar surface area (TPSA) is 58.1 Å². The normalized spacial score (nSPS) is 18.1. The Labute approximate surface area is 173 Å². The van der Waals surface area contributed by atoms with Crippen molar-refractivity contribution in [1.82, 2.24) is 10.6 Å². The second kappa shape index (κ2) is 10.1. The number of piperidine rings is 1. The predicted molar refractivity (Wildman–Crippen MR) is 117 cm³/mol. The number of nitrogens with one attached hydrogen (secondary N) is 2. The van der Waals surface area contributed by atoms with Gasteiger partial charge >= 0.3 is 0 Å². The van der Waals surface area contributed by atoms with E-state index in [2.05, 4.69) is 39.6 Å². The van der Waals surface area contributed by atoms with Crippen LogP contribution in [0.2, 0.25) is 0 Å². The van der Waals surface area contributed by atoms with Gasteiger partial charge in [0.1, 0.15) is 11.5 Å². The van der Waals surface area contributed by atoms with Crippen molar-refractivity contribution in [2.45, 2.75) is 44.7 Å². The lowest BCUT2D eigenvalue weighted by molar-refractivity contribution is 0.393. The molecule has 0 bridgehead atoms. The Hall–Kier alpha value is -1.38. The molecule has 1 aliphatic heterocycles. The smallest absolute Gasteiger partial charge is 0.191 e. The molecule has 26 heavy (non-hydrogen) atoms. The lowest BCUT2D eigenvalue weighted by Gasteiger charge is -2.35. The third-order valence-electron chi connectivity index (χ3n) is 4.77. The molecular formula is C19H31IN4O2. The number of anilines is 1. The number of halogens is 1. The van der Waals surface area contributed by atoms with Crippen LogP contribution in [0.4, 0.5) is 5.69 Å². The zero-order chi connectivity index (χ0) is 17.6. The van der Waals surface area contributed by atoms with Crippen molar-refractivity contribution in [3.63, 3.8) is 0 Å². The van der Waals surface area contributed by atoms with Gasteiger partial charge in [0, 0.05) is 55.6 Å². The Morgan fingerprint density at radius 1 is 1.00 bits per heavy atom. The SMILES string of the molecule is CCN=C(NC1CC1)NC1CCN(c2cc(OC)cc(OC)c2)CC1.I. The lowest BCUT2D eigenvalue weighted by Crippen LogP contribution is -2.49. The zero-order valence-electron chi connectivity index (χ0n) is 16.0. The van der Waals surface area contributed by atoms with Crippen molar-refractivity contribution < 1.29 is 9.47 Å². The molecule has 1 aromatic rings. The molecule has 7 heteroatoms. The van der Waals surface area contributed by atoms with E-state index in [-0.39, 0.29) is 24.0 Å². The molecular weight excluding hydrogens is 443 g/mol. The molecule has 2 fully saturated rings. The summed E-state index contributed by atoms with van der Waals surface area (Å²) in [5.74, 6) is 2.65. The standard InChI is InChI=1S/C19H30N4O2.HI/c1-4-20-19(21-14-5-6-14)22-15-7-9-23(10-8-15)16-11-17(24-2)13-18(12-16)25-3;/h11-15H,4-10H2,1-3H3,(H2,20,21,22);1H. The van der Waals surface area contributed by atoms with E-state index >= 15 is 0 Å². The Morgan fingerprint density at radius 2 is 1.54 bits per heavy atom. The van der Waals surface area contributed by atoms with Gasteiger partial charge in [-0.15, -0.1) is 24.0 Å². The van der Waals surface area contributed by atoms with Gasteiger partial charge in [0.2, 0.25) is 0 Å². The van der Waals surface area contributed by atoms with Gasteiger partial charge in [-0.3, -0.25) is 4.99 Å². The fourth-order valence-corrected chi connectivity index (χ4v) is 3.16. The van der Waals surface area contributed by atoms with Crippen molar-refractivity contribution in [2.75, 3.05) is 38.8 Å². The Balaban J connectivity index is 0.00000243. The van der Waals surface area contributed by atoms with Crippen molar-refractivity contribution in [2.24, 2.45) is 4.99 Å². The third-order valence-corrected chi connectivity index (χ3v) is 4.77. The molecule has 146 valence electrons. The van der Waals surface area contributed by atoms with Crippen LogP contribution in [0.3, 0.4) is 0 Å². The van der Waals surface area contributed by atoms with Crippen molar-refractivity contribution >= 4 is 35.6 Å². The lowest BCUT2D eigenvalue weighted by atomic mass is 10.0. The van der Waals surface area contributed by atoms with Gasteiger partial charge < -0.3 is 25.0 Å². The summed E-state index contributed by atoms with van der Waals surface area (Å²) in [5.41, 5.74) is 1.16. The number of nitrogens with zero attached hydrogens (tertiary/aromatic N) is 2. The number of methoxy groups -OCH3 is 2. The van der Waals surface area contributed by atoms with Crippen LogP contribution in [0.1, 0.15) is 32.6 Å². The van der Waals surface area contributed by atoms with Gasteiger partial charge in [-0.1, -0.05) is 0 Å². The minimum absolute atomic E-state index is 0. The van der Waals surface area contributed by atoms with Crippen LogP contribution in [-0.2, 0) is 0 Å². The second-order valence-corrected chi connectivity index (χ2v) is 6.72. The van der Waals surface area contributed by atoms with Crippen LogP contribution in [-0.4, -0.2) is 51.9 Å². The number of aliphatic imine (C=N–C) groups is 1. The van der Waals surface area contributed by atoms with Crippen LogP contribution in [0, 0.1) is 0 Å². The first-order chi connectivity index (χ1) is 12.2. The van der Waals surface area contributed by atoms with Crippen LogP contribution < -0.4 is 25.0 Å². The largest absolute Gasteiger partial charge is 0.497 e. The minimum Gasteiger partial charge on any atom is -0.497 e. The first-order valence-electron chi connectivity index (χ1n) is 9.27. The van der Waals surface area contributed by atoms with E-state index in [1.807, 2.05) is 6.07 Å². The molecule has 0 amide bonds. The van der Waals surface area contributed by atoms with Gasteiger partial charge in [-0.2, -0.15) is 0 Å². The van der Waals surface area contributed by atoms with E-state index in [0.717, 1.165) is 55.6 Å². The predicted octanol–water partition coefficient (Wildman–Crippen LogP) is 3.01. The second-order valence-electron chi connectivity index (χ2n) is 6.72. The number of rotatable bonds is 6. The maximum absolute atomic E-state index is 5.39. The molecule has 1 aromatic carbocycles. The average Bonchev–Trinajstić information content (AvgIpc) is 3.46. The van der Waals surface area contributed by atoms with Gasteiger partial charge in [0.05, 0.1) is 14.2 Å². The highest BCUT2D eigenvalue weighted by molar-refractivity contribution is 14.0. The van der Waals surface area contributed by atoms with Crippen molar-refractivity contribution in [3.05, 3.63) is 18.2 Å². The van der Waals surface area contributed by atoms with Gasteiger partial charge in [0.25, 0.3) is 0 Å². The molecule has 2 aliphatic rings. The number of hydrogen-bond acceptors (Lipinski definition) is 4. The van der Waals surface area contributed by atoms with Crippen LogP contribution in [0.5, 0.6) is 11.5 Å². The maximum Gasteiger partial charge on any atom is 0.191 e. The Kier molecular flexibility index (Phi) is 8.12. The van der Waals surface area contributed by atoms with Gasteiger partial charge in [-0.05, 0) is 32.6 Å². The molecule has 2 N–H and O–H groups in total. The summed E-state index contributed by atoms with van der Waals surface area (Å²) in [6.45, 7) is 4.91. The summed E-state index contributed by atoms with van der Waals surface area (Å²) in [7, 11) is 3.38. The van der Waals surface area contributed by atoms with E-state index in [4.69, 9.17) is 9.47 Å². The average molecular weight is 474 g/mol. The van der Waals surface area contributed by atoms with Crippen LogP contribution in [0.25, 0.3) is 0 Å². The van der Waals surface area contributed by atoms with Crippen LogP contribution in [0.15, 0.2) is 23.2 Å². The summed E-state index contributed by atoms with van der Waals surface area (Å²) in [6.07, 6.45) is 4.71. The first-order valence-corrected chi connectivity index (χ1v) is 9.27. The summed E-state index contributed by atoms with van der Waals surface area (Å²) in [4.78, 5) is 6.97. The van der Waals surface area contributed by atoms with Crippen molar-refractivity contribution in [1.29, 1.82) is 0 Å². The van der Waals surface area contributed by atoms with E-state index in [9.17, 15) is 0 Å². The molecule has 0 unspecified atom stereocenters. The monoisotopic (exact) mass is 474 g/mol. The summed E-state index contributed by atoms with van der Waals surface area (Å²) < 4.78 is 10.8.